The second-order valence-corrected chi connectivity index (χ2v) is 4.95. The Morgan fingerprint density at radius 3 is 2.71 bits per heavy atom. The molecular formula is C15H23FN2O3. The smallest absolute Gasteiger partial charge is 0.314 e. The molecule has 1 aromatic carbocycles. The van der Waals surface area contributed by atoms with Crippen LogP contribution >= 0.6 is 0 Å². The monoisotopic (exact) mass is 298 g/mol. The molecule has 0 aliphatic heterocycles. The number of urea groups is 1. The maximum atomic E-state index is 13.4. The number of benzene rings is 1. The van der Waals surface area contributed by atoms with Crippen LogP contribution in [0.3, 0.4) is 0 Å². The molecule has 0 spiro atoms. The maximum absolute atomic E-state index is 13.4. The lowest BCUT2D eigenvalue weighted by atomic mass is 10.1. The average Bonchev–Trinajstić information content (AvgIpc) is 2.44. The van der Waals surface area contributed by atoms with Crippen molar-refractivity contribution in [3.8, 4) is 0 Å². The molecule has 1 unspecified atom stereocenters. The summed E-state index contributed by atoms with van der Waals surface area (Å²) in [6.07, 6.45) is -0.183. The summed E-state index contributed by atoms with van der Waals surface area (Å²) < 4.78 is 18.8. The van der Waals surface area contributed by atoms with Gasteiger partial charge in [-0.15, -0.1) is 0 Å². The van der Waals surface area contributed by atoms with E-state index in [4.69, 9.17) is 4.74 Å². The first-order valence-corrected chi connectivity index (χ1v) is 7.06. The molecule has 0 aliphatic carbocycles. The van der Waals surface area contributed by atoms with Crippen molar-refractivity contribution in [1.82, 2.24) is 10.6 Å². The highest BCUT2D eigenvalue weighted by molar-refractivity contribution is 5.73. The first kappa shape index (κ1) is 17.4. The molecule has 118 valence electrons. The fourth-order valence-electron chi connectivity index (χ4n) is 1.70. The molecule has 5 nitrogen and oxygen atoms in total. The Balaban J connectivity index is 2.19. The maximum Gasteiger partial charge on any atom is 0.314 e. The molecule has 0 aromatic heterocycles. The minimum atomic E-state index is -1.07. The van der Waals surface area contributed by atoms with E-state index in [9.17, 15) is 14.3 Å². The summed E-state index contributed by atoms with van der Waals surface area (Å²) in [6, 6.07) is 5.55. The number of rotatable bonds is 8. The van der Waals surface area contributed by atoms with Gasteiger partial charge in [0.2, 0.25) is 0 Å². The molecule has 0 bridgehead atoms. The minimum Gasteiger partial charge on any atom is -0.386 e. The Kier molecular flexibility index (Phi) is 7.71. The highest BCUT2D eigenvalue weighted by atomic mass is 19.1. The number of halogens is 1. The highest BCUT2D eigenvalue weighted by Crippen LogP contribution is 2.15. The Hall–Kier alpha value is -1.66. The molecule has 0 heterocycles. The van der Waals surface area contributed by atoms with Crippen LogP contribution in [0.15, 0.2) is 24.3 Å². The summed E-state index contributed by atoms with van der Waals surface area (Å²) in [5.74, 6) is -0.488. The number of aliphatic hydroxyl groups is 1. The molecule has 21 heavy (non-hydrogen) atoms. The van der Waals surface area contributed by atoms with Crippen LogP contribution in [0, 0.1) is 5.82 Å². The van der Waals surface area contributed by atoms with Crippen LogP contribution in [0.2, 0.25) is 0 Å². The molecule has 3 N–H and O–H groups in total. The zero-order valence-electron chi connectivity index (χ0n) is 12.4. The van der Waals surface area contributed by atoms with Gasteiger partial charge in [-0.25, -0.2) is 9.18 Å². The lowest BCUT2D eigenvalue weighted by molar-refractivity contribution is 0.0773. The summed E-state index contributed by atoms with van der Waals surface area (Å²) in [7, 11) is 0. The quantitative estimate of drug-likeness (QED) is 0.643. The summed E-state index contributed by atoms with van der Waals surface area (Å²) >= 11 is 0. The highest BCUT2D eigenvalue weighted by Gasteiger charge is 2.12. The van der Waals surface area contributed by atoms with Crippen molar-refractivity contribution < 1.29 is 19.0 Å². The predicted molar refractivity (Wildman–Crippen MR) is 78.5 cm³/mol. The standard InChI is InChI=1S/C15H23FN2O3/c1-11(2)21-9-5-8-17-15(20)18-10-14(19)12-6-3-4-7-13(12)16/h3-4,6-7,11,14,19H,5,8-10H2,1-2H3,(H2,17,18,20). The van der Waals surface area contributed by atoms with Crippen molar-refractivity contribution in [2.45, 2.75) is 32.5 Å². The van der Waals surface area contributed by atoms with Crippen molar-refractivity contribution in [3.05, 3.63) is 35.6 Å². The van der Waals surface area contributed by atoms with Gasteiger partial charge in [-0.05, 0) is 26.3 Å². The third kappa shape index (κ3) is 7.06. The molecule has 1 atom stereocenters. The van der Waals surface area contributed by atoms with Gasteiger partial charge in [-0.3, -0.25) is 0 Å². The molecule has 1 aromatic rings. The van der Waals surface area contributed by atoms with E-state index in [0.717, 1.165) is 0 Å². The average molecular weight is 298 g/mol. The molecule has 0 aliphatic rings. The van der Waals surface area contributed by atoms with Crippen molar-refractivity contribution in [2.75, 3.05) is 19.7 Å². The van der Waals surface area contributed by atoms with Crippen molar-refractivity contribution in [3.63, 3.8) is 0 Å². The number of carbonyl (C=O) groups excluding carboxylic acids is 1. The molecule has 0 saturated heterocycles. The van der Waals surface area contributed by atoms with E-state index in [2.05, 4.69) is 10.6 Å². The molecule has 6 heteroatoms. The zero-order valence-corrected chi connectivity index (χ0v) is 12.4. The Morgan fingerprint density at radius 1 is 1.33 bits per heavy atom. The van der Waals surface area contributed by atoms with Crippen LogP contribution in [0.25, 0.3) is 0 Å². The van der Waals surface area contributed by atoms with Crippen LogP contribution < -0.4 is 10.6 Å². The predicted octanol–water partition coefficient (Wildman–Crippen LogP) is 1.97. The van der Waals surface area contributed by atoms with Crippen LogP contribution in [0.4, 0.5) is 9.18 Å². The molecule has 0 radical (unpaired) electrons. The Morgan fingerprint density at radius 2 is 2.05 bits per heavy atom. The SMILES string of the molecule is CC(C)OCCCNC(=O)NCC(O)c1ccccc1F. The van der Waals surface area contributed by atoms with Gasteiger partial charge in [0.25, 0.3) is 0 Å². The van der Waals surface area contributed by atoms with E-state index in [1.54, 1.807) is 12.1 Å². The minimum absolute atomic E-state index is 0.0464. The van der Waals surface area contributed by atoms with E-state index in [0.29, 0.717) is 19.6 Å². The summed E-state index contributed by atoms with van der Waals surface area (Å²) in [6.45, 7) is 4.91. The fraction of sp³-hybridized carbons (Fsp3) is 0.533. The second-order valence-electron chi connectivity index (χ2n) is 4.95. The van der Waals surface area contributed by atoms with Crippen LogP contribution in [0.1, 0.15) is 31.9 Å². The fourth-order valence-corrected chi connectivity index (χ4v) is 1.70. The van der Waals surface area contributed by atoms with Crippen LogP contribution in [-0.2, 0) is 4.74 Å². The largest absolute Gasteiger partial charge is 0.386 e. The summed E-state index contributed by atoms with van der Waals surface area (Å²) in [5, 5.41) is 15.0. The lowest BCUT2D eigenvalue weighted by Crippen LogP contribution is -2.38. The van der Waals surface area contributed by atoms with E-state index in [1.807, 2.05) is 13.8 Å². The van der Waals surface area contributed by atoms with Gasteiger partial charge < -0.3 is 20.5 Å². The van der Waals surface area contributed by atoms with Gasteiger partial charge in [-0.2, -0.15) is 0 Å². The summed E-state index contributed by atoms with van der Waals surface area (Å²) in [4.78, 5) is 11.5. The second kappa shape index (κ2) is 9.31. The number of ether oxygens (including phenoxy) is 1. The Bertz CT molecular complexity index is 441. The number of amides is 2. The van der Waals surface area contributed by atoms with Crippen LogP contribution in [-0.4, -0.2) is 36.9 Å². The Labute approximate surface area is 124 Å². The van der Waals surface area contributed by atoms with Gasteiger partial charge in [0.1, 0.15) is 5.82 Å². The third-order valence-electron chi connectivity index (χ3n) is 2.78. The number of nitrogens with one attached hydrogen (secondary N) is 2. The van der Waals surface area contributed by atoms with E-state index < -0.39 is 18.0 Å². The van der Waals surface area contributed by atoms with Crippen molar-refractivity contribution >= 4 is 6.03 Å². The first-order valence-electron chi connectivity index (χ1n) is 7.06. The van der Waals surface area contributed by atoms with E-state index >= 15 is 0 Å². The molecule has 0 fully saturated rings. The van der Waals surface area contributed by atoms with E-state index in [-0.39, 0.29) is 18.2 Å². The topological polar surface area (TPSA) is 70.6 Å². The number of hydrogen-bond donors (Lipinski definition) is 3. The molecule has 1 rings (SSSR count). The van der Waals surface area contributed by atoms with Gasteiger partial charge in [-0.1, -0.05) is 18.2 Å². The lowest BCUT2D eigenvalue weighted by Gasteiger charge is -2.13. The van der Waals surface area contributed by atoms with Gasteiger partial charge in [0.15, 0.2) is 0 Å². The molecule has 0 saturated carbocycles. The summed E-state index contributed by atoms with van der Waals surface area (Å²) in [5.41, 5.74) is 0.170. The van der Waals surface area contributed by atoms with Crippen molar-refractivity contribution in [1.29, 1.82) is 0 Å². The van der Waals surface area contributed by atoms with E-state index in [1.165, 1.54) is 12.1 Å². The van der Waals surface area contributed by atoms with Gasteiger partial charge in [0.05, 0.1) is 12.2 Å². The number of hydrogen-bond acceptors (Lipinski definition) is 3. The van der Waals surface area contributed by atoms with Crippen LogP contribution in [0.5, 0.6) is 0 Å². The van der Waals surface area contributed by atoms with Gasteiger partial charge in [0, 0.05) is 25.3 Å². The first-order chi connectivity index (χ1) is 10.0. The molecular weight excluding hydrogens is 275 g/mol. The number of aliphatic hydroxyl groups excluding tert-OH is 1. The normalized spacial score (nSPS) is 12.2. The number of carbonyl (C=O) groups is 1. The van der Waals surface area contributed by atoms with Crippen molar-refractivity contribution in [2.24, 2.45) is 0 Å². The zero-order chi connectivity index (χ0) is 15.7. The van der Waals surface area contributed by atoms with Gasteiger partial charge >= 0.3 is 6.03 Å². The third-order valence-corrected chi connectivity index (χ3v) is 2.78. The molecule has 2 amide bonds.